The third kappa shape index (κ3) is 3.88. The van der Waals surface area contributed by atoms with Crippen molar-refractivity contribution in [3.63, 3.8) is 0 Å². The molecule has 1 aliphatic rings. The topological polar surface area (TPSA) is 117 Å². The number of aromatic nitrogens is 3. The first-order valence-electron chi connectivity index (χ1n) is 11.8. The number of carbonyl (C=O) groups excluding carboxylic acids is 1. The number of aliphatic hydroxyl groups excluding tert-OH is 1. The van der Waals surface area contributed by atoms with Gasteiger partial charge in [-0.1, -0.05) is 18.2 Å². The SMILES string of the molecule is CNC(=O)[C@H]1Cc2c([nH]c3ccccc23)CN1C(O)c1occc1COc1ccc2nccnc2c1. The molecular formula is C27H25N5O4. The Kier molecular flexibility index (Phi) is 5.63. The van der Waals surface area contributed by atoms with Crippen molar-refractivity contribution in [3.05, 3.63) is 89.8 Å². The Morgan fingerprint density at radius 2 is 2.06 bits per heavy atom. The molecule has 2 aromatic carbocycles. The van der Waals surface area contributed by atoms with Crippen LogP contribution >= 0.6 is 0 Å². The molecule has 6 rings (SSSR count). The van der Waals surface area contributed by atoms with Crippen LogP contribution in [0, 0.1) is 0 Å². The van der Waals surface area contributed by atoms with E-state index in [9.17, 15) is 9.90 Å². The molecule has 0 bridgehead atoms. The van der Waals surface area contributed by atoms with Crippen LogP contribution in [0.2, 0.25) is 0 Å². The highest BCUT2D eigenvalue weighted by atomic mass is 16.5. The van der Waals surface area contributed by atoms with E-state index in [1.54, 1.807) is 30.4 Å². The van der Waals surface area contributed by atoms with Gasteiger partial charge in [-0.25, -0.2) is 0 Å². The zero-order valence-corrected chi connectivity index (χ0v) is 19.6. The number of furan rings is 1. The van der Waals surface area contributed by atoms with Gasteiger partial charge in [0.25, 0.3) is 0 Å². The monoisotopic (exact) mass is 483 g/mol. The second-order valence-corrected chi connectivity index (χ2v) is 8.81. The van der Waals surface area contributed by atoms with Crippen LogP contribution in [0.25, 0.3) is 21.9 Å². The van der Waals surface area contributed by atoms with Crippen molar-refractivity contribution in [1.29, 1.82) is 0 Å². The van der Waals surface area contributed by atoms with Crippen LogP contribution in [0.5, 0.6) is 5.75 Å². The number of nitrogens with zero attached hydrogens (tertiary/aromatic N) is 3. The van der Waals surface area contributed by atoms with Gasteiger partial charge in [0.15, 0.2) is 12.0 Å². The summed E-state index contributed by atoms with van der Waals surface area (Å²) in [6.45, 7) is 0.554. The summed E-state index contributed by atoms with van der Waals surface area (Å²) in [6, 6.07) is 14.7. The third-order valence-electron chi connectivity index (χ3n) is 6.75. The normalized spacial score (nSPS) is 16.7. The van der Waals surface area contributed by atoms with Gasteiger partial charge in [0.05, 0.1) is 23.3 Å². The number of ether oxygens (including phenoxy) is 1. The summed E-state index contributed by atoms with van der Waals surface area (Å²) >= 11 is 0. The number of amides is 1. The molecule has 9 heteroatoms. The smallest absolute Gasteiger partial charge is 0.237 e. The highest BCUT2D eigenvalue weighted by Crippen LogP contribution is 2.35. The quantitative estimate of drug-likeness (QED) is 0.339. The van der Waals surface area contributed by atoms with Gasteiger partial charge in [-0.05, 0) is 36.2 Å². The van der Waals surface area contributed by atoms with Gasteiger partial charge in [0.1, 0.15) is 12.4 Å². The lowest BCUT2D eigenvalue weighted by Gasteiger charge is -2.37. The Balaban J connectivity index is 1.26. The minimum atomic E-state index is -1.14. The van der Waals surface area contributed by atoms with Crippen molar-refractivity contribution in [2.75, 3.05) is 7.05 Å². The second kappa shape index (κ2) is 9.10. The van der Waals surface area contributed by atoms with Crippen LogP contribution in [0.3, 0.4) is 0 Å². The molecule has 5 aromatic rings. The molecule has 0 fully saturated rings. The van der Waals surface area contributed by atoms with Crippen LogP contribution in [-0.4, -0.2) is 44.0 Å². The lowest BCUT2D eigenvalue weighted by molar-refractivity contribution is -0.134. The number of carbonyl (C=O) groups is 1. The largest absolute Gasteiger partial charge is 0.489 e. The van der Waals surface area contributed by atoms with Crippen molar-refractivity contribution < 1.29 is 19.1 Å². The molecule has 2 atom stereocenters. The number of aliphatic hydroxyl groups is 1. The zero-order chi connectivity index (χ0) is 24.6. The van der Waals surface area contributed by atoms with Gasteiger partial charge in [0, 0.05) is 54.2 Å². The van der Waals surface area contributed by atoms with Crippen LogP contribution in [0.1, 0.15) is 28.8 Å². The van der Waals surface area contributed by atoms with E-state index in [2.05, 4.69) is 26.3 Å². The Morgan fingerprint density at radius 1 is 1.22 bits per heavy atom. The van der Waals surface area contributed by atoms with E-state index >= 15 is 0 Å². The molecule has 4 heterocycles. The van der Waals surface area contributed by atoms with Crippen LogP contribution in [0.15, 0.2) is 71.6 Å². The van der Waals surface area contributed by atoms with Gasteiger partial charge >= 0.3 is 0 Å². The maximum atomic E-state index is 12.9. The molecule has 182 valence electrons. The standard InChI is InChI=1S/C27H25N5O4/c1-28-26(33)24-13-19-18-4-2-3-5-20(18)31-23(19)14-32(24)27(34)25-16(8-11-35-25)15-36-17-6-7-21-22(12-17)30-10-9-29-21/h2-12,24,27,31,34H,13-15H2,1H3,(H,28,33)/t24-,27?/m1/s1. The highest BCUT2D eigenvalue weighted by Gasteiger charge is 2.38. The summed E-state index contributed by atoms with van der Waals surface area (Å²) in [4.78, 5) is 26.7. The first-order chi connectivity index (χ1) is 17.6. The summed E-state index contributed by atoms with van der Waals surface area (Å²) in [7, 11) is 1.61. The number of nitrogens with one attached hydrogen (secondary N) is 2. The molecular weight excluding hydrogens is 458 g/mol. The van der Waals surface area contributed by atoms with Crippen molar-refractivity contribution >= 4 is 27.8 Å². The summed E-state index contributed by atoms with van der Waals surface area (Å²) in [6.07, 6.45) is 4.14. The van der Waals surface area contributed by atoms with E-state index in [0.717, 1.165) is 33.2 Å². The summed E-state index contributed by atoms with van der Waals surface area (Å²) in [5, 5.41) is 15.3. The Bertz CT molecular complexity index is 1560. The van der Waals surface area contributed by atoms with E-state index in [1.165, 1.54) is 6.26 Å². The van der Waals surface area contributed by atoms with Gasteiger partial charge < -0.3 is 24.6 Å². The van der Waals surface area contributed by atoms with Crippen LogP contribution in [0.4, 0.5) is 0 Å². The molecule has 9 nitrogen and oxygen atoms in total. The molecule has 0 saturated carbocycles. The minimum absolute atomic E-state index is 0.161. The Labute approximate surface area is 206 Å². The Morgan fingerprint density at radius 3 is 2.92 bits per heavy atom. The van der Waals surface area contributed by atoms with Gasteiger partial charge in [-0.15, -0.1) is 0 Å². The molecule has 36 heavy (non-hydrogen) atoms. The van der Waals surface area contributed by atoms with Crippen molar-refractivity contribution in [3.8, 4) is 5.75 Å². The second-order valence-electron chi connectivity index (χ2n) is 8.81. The van der Waals surface area contributed by atoms with E-state index in [0.29, 0.717) is 30.0 Å². The fraction of sp³-hybridized carbons (Fsp3) is 0.222. The number of hydrogen-bond donors (Lipinski definition) is 3. The maximum Gasteiger partial charge on any atom is 0.237 e. The van der Waals surface area contributed by atoms with E-state index in [4.69, 9.17) is 9.15 Å². The molecule has 1 unspecified atom stereocenters. The molecule has 3 aromatic heterocycles. The molecule has 1 aliphatic heterocycles. The van der Waals surface area contributed by atoms with Crippen molar-refractivity contribution in [2.45, 2.75) is 31.8 Å². The summed E-state index contributed by atoms with van der Waals surface area (Å²) in [5.74, 6) is 0.823. The summed E-state index contributed by atoms with van der Waals surface area (Å²) in [5.41, 5.74) is 5.31. The lowest BCUT2D eigenvalue weighted by Crippen LogP contribution is -2.50. The number of rotatable bonds is 6. The first kappa shape index (κ1) is 22.3. The van der Waals surface area contributed by atoms with Gasteiger partial charge in [-0.2, -0.15) is 0 Å². The molecule has 3 N–H and O–H groups in total. The molecule has 0 aliphatic carbocycles. The van der Waals surface area contributed by atoms with E-state index in [1.807, 2.05) is 36.4 Å². The molecule has 0 spiro atoms. The number of benzene rings is 2. The fourth-order valence-electron chi connectivity index (χ4n) is 4.93. The predicted octanol–water partition coefficient (Wildman–Crippen LogP) is 3.45. The first-order valence-corrected chi connectivity index (χ1v) is 11.8. The zero-order valence-electron chi connectivity index (χ0n) is 19.6. The third-order valence-corrected chi connectivity index (χ3v) is 6.75. The lowest BCUT2D eigenvalue weighted by atomic mass is 9.95. The fourth-order valence-corrected chi connectivity index (χ4v) is 4.93. The van der Waals surface area contributed by atoms with Crippen molar-refractivity contribution in [1.82, 2.24) is 25.2 Å². The van der Waals surface area contributed by atoms with Gasteiger partial charge in [0.2, 0.25) is 5.91 Å². The summed E-state index contributed by atoms with van der Waals surface area (Å²) < 4.78 is 11.7. The number of H-pyrrole nitrogens is 1. The number of hydrogen-bond acceptors (Lipinski definition) is 7. The van der Waals surface area contributed by atoms with Crippen LogP contribution < -0.4 is 10.1 Å². The number of para-hydroxylation sites is 1. The highest BCUT2D eigenvalue weighted by molar-refractivity contribution is 5.88. The average Bonchev–Trinajstić information content (AvgIpc) is 3.54. The number of fused-ring (bicyclic) bond motifs is 4. The Hall–Kier alpha value is -4.21. The maximum absolute atomic E-state index is 12.9. The van der Waals surface area contributed by atoms with E-state index in [-0.39, 0.29) is 12.5 Å². The van der Waals surface area contributed by atoms with Crippen molar-refractivity contribution in [2.24, 2.45) is 0 Å². The predicted molar refractivity (Wildman–Crippen MR) is 133 cm³/mol. The molecule has 0 radical (unpaired) electrons. The molecule has 1 amide bonds. The average molecular weight is 484 g/mol. The number of aromatic amines is 1. The van der Waals surface area contributed by atoms with E-state index < -0.39 is 12.3 Å². The number of likely N-dealkylation sites (N-methyl/N-ethyl adjacent to an activating group) is 1. The van der Waals surface area contributed by atoms with Crippen LogP contribution in [-0.2, 0) is 24.4 Å². The van der Waals surface area contributed by atoms with Gasteiger partial charge in [-0.3, -0.25) is 19.7 Å². The minimum Gasteiger partial charge on any atom is -0.489 e. The molecule has 0 saturated heterocycles.